The van der Waals surface area contributed by atoms with Crippen LogP contribution in [0, 0.1) is 0 Å². The summed E-state index contributed by atoms with van der Waals surface area (Å²) in [5.41, 5.74) is 0. The molecule has 11 heavy (non-hydrogen) atoms. The van der Waals surface area contributed by atoms with Crippen LogP contribution in [-0.2, 0) is 48.3 Å². The smallest absolute Gasteiger partial charge is 0.793 e. The van der Waals surface area contributed by atoms with E-state index in [0.29, 0.717) is 11.8 Å². The second-order valence-electron chi connectivity index (χ2n) is 1.75. The van der Waals surface area contributed by atoms with Crippen molar-refractivity contribution in [1.29, 1.82) is 0 Å². The molecule has 0 aliphatic heterocycles. The Balaban J connectivity index is 0. The molecule has 0 unspecified atom stereocenters. The van der Waals surface area contributed by atoms with Gasteiger partial charge in [0.15, 0.2) is 0 Å². The van der Waals surface area contributed by atoms with E-state index in [1.165, 1.54) is 0 Å². The van der Waals surface area contributed by atoms with Gasteiger partial charge in [-0.25, -0.2) is 0 Å². The molecule has 0 spiro atoms. The summed E-state index contributed by atoms with van der Waals surface area (Å²) in [5, 5.41) is 0. The van der Waals surface area contributed by atoms with Gasteiger partial charge < -0.3 is 25.9 Å². The summed E-state index contributed by atoms with van der Waals surface area (Å²) in [6.45, 7) is 0. The summed E-state index contributed by atoms with van der Waals surface area (Å²) in [7, 11) is 2.44. The first-order valence-electron chi connectivity index (χ1n) is 2.98. The van der Waals surface area contributed by atoms with Crippen molar-refractivity contribution < 1.29 is 35.7 Å². The Kier molecular flexibility index (Phi) is 10.4. The van der Waals surface area contributed by atoms with Crippen LogP contribution in [0.5, 0.6) is 0 Å². The molecular weight excluding hydrogens is 365 g/mol. The molecule has 0 fully saturated rings. The largest absolute Gasteiger partial charge is 1.00 e. The fraction of sp³-hybridized carbons (Fsp3) is 1.00. The molecule has 0 aromatic carbocycles. The Bertz CT molecular complexity index is 83.5. The second-order valence-corrected chi connectivity index (χ2v) is 5.25. The summed E-state index contributed by atoms with van der Waals surface area (Å²) in [6.07, 6.45) is 0. The molecule has 0 aliphatic carbocycles. The van der Waals surface area contributed by atoms with Crippen LogP contribution in [0.4, 0.5) is 0 Å². The average Bonchev–Trinajstić information content (AvgIpc) is 2.01. The number of hydrogen-bond acceptors (Lipinski definition) is 4. The molecule has 0 N–H and O–H groups in total. The van der Waals surface area contributed by atoms with Crippen molar-refractivity contribution in [3.05, 3.63) is 0 Å². The average molecular weight is 378 g/mol. The quantitative estimate of drug-likeness (QED) is 0.512. The summed E-state index contributed by atoms with van der Waals surface area (Å²) < 4.78 is 15.3. The molecule has 0 amide bonds. The van der Waals surface area contributed by atoms with E-state index in [1.807, 2.05) is 0 Å². The van der Waals surface area contributed by atoms with Gasteiger partial charge in [-0.15, -0.1) is 0 Å². The van der Waals surface area contributed by atoms with Crippen molar-refractivity contribution in [3.63, 3.8) is 0 Å². The van der Waals surface area contributed by atoms with Crippen LogP contribution in [0.25, 0.3) is 0 Å². The van der Waals surface area contributed by atoms with Gasteiger partial charge in [0.2, 0.25) is 0 Å². The van der Waals surface area contributed by atoms with E-state index < -0.39 is 8.80 Å². The van der Waals surface area contributed by atoms with E-state index in [9.17, 15) is 0 Å². The van der Waals surface area contributed by atoms with Gasteiger partial charge in [0.25, 0.3) is 0 Å². The summed E-state index contributed by atoms with van der Waals surface area (Å²) >= 11 is 4.79. The maximum Gasteiger partial charge on any atom is 1.00 e. The zero-order valence-electron chi connectivity index (χ0n) is 6.85. The topological polar surface area (TPSA) is 27.7 Å². The zero-order chi connectivity index (χ0) is 8.04. The first kappa shape index (κ1) is 14.7. The standard InChI is InChI=1S/C5H14O3SSi.Au/c1-6-10(7-2,8-3)5-4-9;/h9H,4-5H2,1-3H3;/q;+1/p-1. The van der Waals surface area contributed by atoms with Gasteiger partial charge in [-0.3, -0.25) is 0 Å². The molecule has 0 aromatic rings. The van der Waals surface area contributed by atoms with Crippen LogP contribution in [0.1, 0.15) is 0 Å². The molecular formula is C5H13AuO3SSi. The van der Waals surface area contributed by atoms with Crippen molar-refractivity contribution in [3.8, 4) is 0 Å². The maximum absolute atomic E-state index is 5.10. The van der Waals surface area contributed by atoms with Crippen molar-refractivity contribution in [2.75, 3.05) is 27.1 Å². The maximum atomic E-state index is 5.10. The van der Waals surface area contributed by atoms with E-state index in [-0.39, 0.29) is 22.4 Å². The monoisotopic (exact) mass is 378 g/mol. The first-order chi connectivity index (χ1) is 4.74. The molecule has 0 saturated heterocycles. The predicted molar refractivity (Wildman–Crippen MR) is 43.8 cm³/mol. The van der Waals surface area contributed by atoms with Gasteiger partial charge >= 0.3 is 31.2 Å². The van der Waals surface area contributed by atoms with E-state index in [1.54, 1.807) is 21.3 Å². The molecule has 0 aromatic heterocycles. The third kappa shape index (κ3) is 4.69. The minimum atomic E-state index is -2.32. The SMILES string of the molecule is CO[Si](CC[S-])(OC)OC.[Au+]. The first-order valence-corrected chi connectivity index (χ1v) is 5.49. The Labute approximate surface area is 90.1 Å². The molecule has 0 bridgehead atoms. The van der Waals surface area contributed by atoms with Gasteiger partial charge in [0.05, 0.1) is 0 Å². The van der Waals surface area contributed by atoms with Gasteiger partial charge in [-0.2, -0.15) is 5.75 Å². The Morgan fingerprint density at radius 1 is 1.09 bits per heavy atom. The van der Waals surface area contributed by atoms with Crippen LogP contribution in [0.15, 0.2) is 0 Å². The Morgan fingerprint density at radius 2 is 1.45 bits per heavy atom. The van der Waals surface area contributed by atoms with Crippen LogP contribution < -0.4 is 0 Å². The van der Waals surface area contributed by atoms with Gasteiger partial charge in [-0.1, -0.05) is 0 Å². The van der Waals surface area contributed by atoms with Gasteiger partial charge in [0, 0.05) is 21.3 Å². The molecule has 3 nitrogen and oxygen atoms in total. The van der Waals surface area contributed by atoms with Gasteiger partial charge in [-0.05, 0) is 6.04 Å². The molecule has 0 atom stereocenters. The minimum absolute atomic E-state index is 0. The van der Waals surface area contributed by atoms with Gasteiger partial charge in [0.1, 0.15) is 0 Å². The van der Waals surface area contributed by atoms with Crippen molar-refractivity contribution >= 4 is 21.4 Å². The number of hydrogen-bond donors (Lipinski definition) is 0. The third-order valence-electron chi connectivity index (χ3n) is 1.34. The molecule has 0 rings (SSSR count). The third-order valence-corrected chi connectivity index (χ3v) is 4.64. The summed E-state index contributed by atoms with van der Waals surface area (Å²) in [5.74, 6) is 0.613. The molecule has 0 aliphatic rings. The van der Waals surface area contributed by atoms with Crippen molar-refractivity contribution in [2.24, 2.45) is 0 Å². The van der Waals surface area contributed by atoms with E-state index in [0.717, 1.165) is 0 Å². The summed E-state index contributed by atoms with van der Waals surface area (Å²) in [6, 6.07) is 0.700. The van der Waals surface area contributed by atoms with Crippen LogP contribution in [0.2, 0.25) is 6.04 Å². The summed E-state index contributed by atoms with van der Waals surface area (Å²) in [4.78, 5) is 0. The Morgan fingerprint density at radius 3 is 1.55 bits per heavy atom. The van der Waals surface area contributed by atoms with Crippen LogP contribution in [0.3, 0.4) is 0 Å². The van der Waals surface area contributed by atoms with Crippen molar-refractivity contribution in [2.45, 2.75) is 6.04 Å². The normalized spacial score (nSPS) is 10.9. The van der Waals surface area contributed by atoms with E-state index >= 15 is 0 Å². The number of rotatable bonds is 5. The minimum Gasteiger partial charge on any atom is -0.793 e. The van der Waals surface area contributed by atoms with E-state index in [4.69, 9.17) is 25.9 Å². The van der Waals surface area contributed by atoms with Crippen LogP contribution in [-0.4, -0.2) is 35.9 Å². The predicted octanol–water partition coefficient (Wildman–Crippen LogP) is 0.409. The zero-order valence-corrected chi connectivity index (χ0v) is 10.8. The second kappa shape index (κ2) is 7.82. The molecule has 6 heteroatoms. The molecule has 72 valence electrons. The van der Waals surface area contributed by atoms with Crippen molar-refractivity contribution in [1.82, 2.24) is 0 Å². The van der Waals surface area contributed by atoms with E-state index in [2.05, 4.69) is 0 Å². The fourth-order valence-electron chi connectivity index (χ4n) is 0.681. The molecule has 0 heterocycles. The molecule has 0 radical (unpaired) electrons. The fourth-order valence-corrected chi connectivity index (χ4v) is 2.79. The Hall–Kier alpha value is 1.19. The van der Waals surface area contributed by atoms with Crippen LogP contribution >= 0.6 is 0 Å². The molecule has 0 saturated carbocycles.